The zero-order valence-electron chi connectivity index (χ0n) is 9.38. The van der Waals surface area contributed by atoms with Gasteiger partial charge in [0.25, 0.3) is 0 Å². The van der Waals surface area contributed by atoms with Crippen LogP contribution in [0.3, 0.4) is 0 Å². The van der Waals surface area contributed by atoms with Gasteiger partial charge in [0.1, 0.15) is 0 Å². The van der Waals surface area contributed by atoms with Crippen molar-refractivity contribution < 1.29 is 5.11 Å². The summed E-state index contributed by atoms with van der Waals surface area (Å²) in [5, 5.41) is 9.63. The van der Waals surface area contributed by atoms with Gasteiger partial charge in [0.2, 0.25) is 0 Å². The Morgan fingerprint density at radius 3 is 2.31 bits per heavy atom. The summed E-state index contributed by atoms with van der Waals surface area (Å²) in [5.74, 6) is 0. The van der Waals surface area contributed by atoms with Crippen molar-refractivity contribution in [2.75, 3.05) is 20.1 Å². The molecular formula is C10H24N2O. The van der Waals surface area contributed by atoms with Crippen LogP contribution in [0.2, 0.25) is 0 Å². The third kappa shape index (κ3) is 6.02. The minimum atomic E-state index is -0.614. The maximum atomic E-state index is 9.63. The van der Waals surface area contributed by atoms with Crippen LogP contribution in [0.25, 0.3) is 0 Å². The first kappa shape index (κ1) is 12.9. The average Bonchev–Trinajstić information content (AvgIpc) is 1.96. The summed E-state index contributed by atoms with van der Waals surface area (Å²) in [5.41, 5.74) is 4.90. The van der Waals surface area contributed by atoms with Crippen LogP contribution < -0.4 is 5.73 Å². The quantitative estimate of drug-likeness (QED) is 0.649. The molecule has 0 aromatic carbocycles. The van der Waals surface area contributed by atoms with Gasteiger partial charge >= 0.3 is 0 Å². The Bertz CT molecular complexity index is 131. The number of rotatable bonds is 6. The van der Waals surface area contributed by atoms with Gasteiger partial charge in [0, 0.05) is 12.6 Å². The SMILES string of the molecule is CCC(CCN)N(C)CC(C)(C)O. The van der Waals surface area contributed by atoms with Crippen molar-refractivity contribution >= 4 is 0 Å². The molecule has 0 aliphatic rings. The third-order valence-electron chi connectivity index (χ3n) is 2.23. The summed E-state index contributed by atoms with van der Waals surface area (Å²) in [7, 11) is 2.04. The second-order valence-electron chi connectivity index (χ2n) is 4.37. The van der Waals surface area contributed by atoms with E-state index in [4.69, 9.17) is 5.73 Å². The van der Waals surface area contributed by atoms with Gasteiger partial charge in [-0.15, -0.1) is 0 Å². The maximum Gasteiger partial charge on any atom is 0.0718 e. The minimum absolute atomic E-state index is 0.497. The van der Waals surface area contributed by atoms with Crippen molar-refractivity contribution in [2.24, 2.45) is 5.73 Å². The molecule has 13 heavy (non-hydrogen) atoms. The van der Waals surface area contributed by atoms with Gasteiger partial charge in [-0.05, 0) is 40.3 Å². The van der Waals surface area contributed by atoms with E-state index in [0.29, 0.717) is 19.1 Å². The van der Waals surface area contributed by atoms with Gasteiger partial charge < -0.3 is 15.7 Å². The lowest BCUT2D eigenvalue weighted by Crippen LogP contribution is -2.42. The fourth-order valence-electron chi connectivity index (χ4n) is 1.67. The molecule has 0 aromatic heterocycles. The smallest absolute Gasteiger partial charge is 0.0718 e. The first-order chi connectivity index (χ1) is 5.90. The van der Waals surface area contributed by atoms with E-state index in [0.717, 1.165) is 12.8 Å². The Morgan fingerprint density at radius 2 is 2.00 bits per heavy atom. The molecule has 0 amide bonds. The van der Waals surface area contributed by atoms with Crippen LogP contribution in [0.4, 0.5) is 0 Å². The lowest BCUT2D eigenvalue weighted by molar-refractivity contribution is 0.0296. The van der Waals surface area contributed by atoms with E-state index in [2.05, 4.69) is 11.8 Å². The van der Waals surface area contributed by atoms with E-state index in [1.807, 2.05) is 20.9 Å². The number of hydrogen-bond acceptors (Lipinski definition) is 3. The number of aliphatic hydroxyl groups is 1. The molecule has 0 aliphatic heterocycles. The number of nitrogens with zero attached hydrogens (tertiary/aromatic N) is 1. The van der Waals surface area contributed by atoms with Crippen LogP contribution in [-0.2, 0) is 0 Å². The molecule has 0 fully saturated rings. The minimum Gasteiger partial charge on any atom is -0.389 e. The summed E-state index contributed by atoms with van der Waals surface area (Å²) in [6, 6.07) is 0.497. The molecule has 0 bridgehead atoms. The zero-order chi connectivity index (χ0) is 10.5. The Labute approximate surface area is 81.9 Å². The lowest BCUT2D eigenvalue weighted by Gasteiger charge is -2.31. The van der Waals surface area contributed by atoms with Gasteiger partial charge in [0.15, 0.2) is 0 Å². The van der Waals surface area contributed by atoms with Gasteiger partial charge in [-0.1, -0.05) is 6.92 Å². The van der Waals surface area contributed by atoms with Crippen LogP contribution in [-0.4, -0.2) is 41.8 Å². The first-order valence-corrected chi connectivity index (χ1v) is 5.03. The van der Waals surface area contributed by atoms with Crippen LogP contribution in [0, 0.1) is 0 Å². The molecule has 3 nitrogen and oxygen atoms in total. The predicted molar refractivity (Wildman–Crippen MR) is 56.7 cm³/mol. The fraction of sp³-hybridized carbons (Fsp3) is 1.00. The number of nitrogens with two attached hydrogens (primary N) is 1. The highest BCUT2D eigenvalue weighted by Gasteiger charge is 2.20. The average molecular weight is 188 g/mol. The summed E-state index contributed by atoms with van der Waals surface area (Å²) >= 11 is 0. The molecule has 0 rings (SSSR count). The second-order valence-corrected chi connectivity index (χ2v) is 4.37. The molecular weight excluding hydrogens is 164 g/mol. The molecule has 0 spiro atoms. The third-order valence-corrected chi connectivity index (χ3v) is 2.23. The van der Waals surface area contributed by atoms with Crippen molar-refractivity contribution in [1.82, 2.24) is 4.90 Å². The molecule has 3 heteroatoms. The Morgan fingerprint density at radius 1 is 1.46 bits per heavy atom. The van der Waals surface area contributed by atoms with Crippen LogP contribution in [0.15, 0.2) is 0 Å². The van der Waals surface area contributed by atoms with Gasteiger partial charge in [0.05, 0.1) is 5.60 Å². The molecule has 1 atom stereocenters. The van der Waals surface area contributed by atoms with E-state index in [-0.39, 0.29) is 0 Å². The van der Waals surface area contributed by atoms with Crippen molar-refractivity contribution in [1.29, 1.82) is 0 Å². The van der Waals surface area contributed by atoms with E-state index in [9.17, 15) is 5.11 Å². The topological polar surface area (TPSA) is 49.5 Å². The highest BCUT2D eigenvalue weighted by Crippen LogP contribution is 2.10. The van der Waals surface area contributed by atoms with E-state index >= 15 is 0 Å². The molecule has 1 unspecified atom stereocenters. The summed E-state index contributed by atoms with van der Waals surface area (Å²) < 4.78 is 0. The molecule has 80 valence electrons. The van der Waals surface area contributed by atoms with Crippen molar-refractivity contribution in [3.8, 4) is 0 Å². The highest BCUT2D eigenvalue weighted by atomic mass is 16.3. The summed E-state index contributed by atoms with van der Waals surface area (Å²) in [4.78, 5) is 2.19. The normalized spacial score (nSPS) is 15.0. The predicted octanol–water partition coefficient (Wildman–Crippen LogP) is 0.817. The Kier molecular flexibility index (Phi) is 5.53. The van der Waals surface area contributed by atoms with Gasteiger partial charge in [-0.3, -0.25) is 0 Å². The second kappa shape index (κ2) is 5.58. The van der Waals surface area contributed by atoms with Crippen molar-refractivity contribution in [2.45, 2.75) is 45.3 Å². The Hall–Kier alpha value is -0.120. The van der Waals surface area contributed by atoms with Crippen molar-refractivity contribution in [3.05, 3.63) is 0 Å². The molecule has 0 saturated carbocycles. The van der Waals surface area contributed by atoms with Crippen LogP contribution >= 0.6 is 0 Å². The van der Waals surface area contributed by atoms with Crippen molar-refractivity contribution in [3.63, 3.8) is 0 Å². The number of hydrogen-bond donors (Lipinski definition) is 2. The van der Waals surface area contributed by atoms with Crippen LogP contribution in [0.5, 0.6) is 0 Å². The molecule has 0 aromatic rings. The molecule has 0 saturated heterocycles. The monoisotopic (exact) mass is 188 g/mol. The summed E-state index contributed by atoms with van der Waals surface area (Å²) in [6.45, 7) is 7.23. The van der Waals surface area contributed by atoms with E-state index in [1.54, 1.807) is 0 Å². The maximum absolute atomic E-state index is 9.63. The summed E-state index contributed by atoms with van der Waals surface area (Å²) in [6.07, 6.45) is 2.09. The van der Waals surface area contributed by atoms with E-state index < -0.39 is 5.60 Å². The Balaban J connectivity index is 3.97. The van der Waals surface area contributed by atoms with Gasteiger partial charge in [-0.25, -0.2) is 0 Å². The molecule has 0 aliphatic carbocycles. The lowest BCUT2D eigenvalue weighted by atomic mass is 10.1. The first-order valence-electron chi connectivity index (χ1n) is 5.03. The van der Waals surface area contributed by atoms with Crippen LogP contribution in [0.1, 0.15) is 33.6 Å². The largest absolute Gasteiger partial charge is 0.389 e. The van der Waals surface area contributed by atoms with Gasteiger partial charge in [-0.2, -0.15) is 0 Å². The standard InChI is InChI=1S/C10H24N2O/c1-5-9(6-7-11)12(4)8-10(2,3)13/h9,13H,5-8,11H2,1-4H3. The zero-order valence-corrected chi connectivity index (χ0v) is 9.38. The number of likely N-dealkylation sites (N-methyl/N-ethyl adjacent to an activating group) is 1. The molecule has 0 heterocycles. The van der Waals surface area contributed by atoms with E-state index in [1.165, 1.54) is 0 Å². The molecule has 0 radical (unpaired) electrons. The fourth-order valence-corrected chi connectivity index (χ4v) is 1.67. The highest BCUT2D eigenvalue weighted by molar-refractivity contribution is 4.75. The molecule has 3 N–H and O–H groups in total.